The van der Waals surface area contributed by atoms with Gasteiger partial charge in [0.2, 0.25) is 5.91 Å². The van der Waals surface area contributed by atoms with Crippen molar-refractivity contribution < 1.29 is 27.4 Å². The molecule has 8 nitrogen and oxygen atoms in total. The first kappa shape index (κ1) is 27.3. The maximum absolute atomic E-state index is 13.8. The Morgan fingerprint density at radius 3 is 2.29 bits per heavy atom. The van der Waals surface area contributed by atoms with Crippen LogP contribution < -0.4 is 23.8 Å². The van der Waals surface area contributed by atoms with Crippen LogP contribution in [-0.4, -0.2) is 40.7 Å². The molecule has 0 saturated heterocycles. The van der Waals surface area contributed by atoms with E-state index < -0.39 is 28.1 Å². The number of nitrogens with one attached hydrogen (secondary N) is 1. The summed E-state index contributed by atoms with van der Waals surface area (Å²) in [7, 11) is -1.10. The van der Waals surface area contributed by atoms with Gasteiger partial charge in [-0.15, -0.1) is 0 Å². The molecule has 1 atom stereocenters. The van der Waals surface area contributed by atoms with Crippen LogP contribution in [0.1, 0.15) is 44.7 Å². The van der Waals surface area contributed by atoms with Crippen LogP contribution in [0.2, 0.25) is 0 Å². The standard InChI is InChI=1S/C29H34N2O6S/c1-5-29(6-2)19-24(23-14-10-11-15-25(23)37-29)30-28(32)20-31(38(33,34)22-12-8-7-9-13-22)21-16-17-26(35-3)27(18-21)36-4/h7-18,24H,5-6,19-20H2,1-4H3,(H,30,32)/t24-/m0/s1. The minimum absolute atomic E-state index is 0.0787. The molecule has 0 aliphatic carbocycles. The van der Waals surface area contributed by atoms with Crippen LogP contribution in [0.15, 0.2) is 77.7 Å². The van der Waals surface area contributed by atoms with E-state index in [1.54, 1.807) is 36.4 Å². The van der Waals surface area contributed by atoms with E-state index in [0.717, 1.165) is 28.5 Å². The number of amides is 1. The number of nitrogens with zero attached hydrogens (tertiary/aromatic N) is 1. The Morgan fingerprint density at radius 1 is 0.974 bits per heavy atom. The minimum atomic E-state index is -4.08. The topological polar surface area (TPSA) is 94.2 Å². The number of methoxy groups -OCH3 is 2. The molecular formula is C29H34N2O6S. The van der Waals surface area contributed by atoms with Gasteiger partial charge in [0.1, 0.15) is 17.9 Å². The van der Waals surface area contributed by atoms with Crippen LogP contribution in [0, 0.1) is 0 Å². The van der Waals surface area contributed by atoms with Crippen molar-refractivity contribution in [1.29, 1.82) is 0 Å². The molecule has 1 amide bonds. The molecule has 0 radical (unpaired) electrons. The van der Waals surface area contributed by atoms with Gasteiger partial charge in [-0.05, 0) is 43.2 Å². The zero-order valence-electron chi connectivity index (χ0n) is 22.1. The number of ether oxygens (including phenoxy) is 3. The monoisotopic (exact) mass is 538 g/mol. The largest absolute Gasteiger partial charge is 0.493 e. The van der Waals surface area contributed by atoms with E-state index in [0.29, 0.717) is 17.9 Å². The highest BCUT2D eigenvalue weighted by molar-refractivity contribution is 7.92. The summed E-state index contributed by atoms with van der Waals surface area (Å²) >= 11 is 0. The van der Waals surface area contributed by atoms with Gasteiger partial charge < -0.3 is 19.5 Å². The van der Waals surface area contributed by atoms with E-state index >= 15 is 0 Å². The molecular weight excluding hydrogens is 504 g/mol. The van der Waals surface area contributed by atoms with Gasteiger partial charge in [-0.25, -0.2) is 8.42 Å². The summed E-state index contributed by atoms with van der Waals surface area (Å²) in [6.07, 6.45) is 2.15. The van der Waals surface area contributed by atoms with E-state index in [1.807, 2.05) is 24.3 Å². The lowest BCUT2D eigenvalue weighted by atomic mass is 9.83. The van der Waals surface area contributed by atoms with Crippen molar-refractivity contribution in [2.75, 3.05) is 25.1 Å². The third kappa shape index (κ3) is 5.43. The zero-order chi connectivity index (χ0) is 27.3. The number of hydrogen-bond donors (Lipinski definition) is 1. The maximum atomic E-state index is 13.8. The Hall–Kier alpha value is -3.72. The summed E-state index contributed by atoms with van der Waals surface area (Å²) in [6, 6.07) is 20.1. The molecule has 3 aromatic carbocycles. The highest BCUT2D eigenvalue weighted by atomic mass is 32.2. The lowest BCUT2D eigenvalue weighted by Gasteiger charge is -2.41. The fourth-order valence-electron chi connectivity index (χ4n) is 4.82. The number of hydrogen-bond acceptors (Lipinski definition) is 6. The summed E-state index contributed by atoms with van der Waals surface area (Å²) in [5.41, 5.74) is 0.748. The molecule has 4 rings (SSSR count). The molecule has 1 aliphatic rings. The Morgan fingerprint density at radius 2 is 1.63 bits per heavy atom. The number of carbonyl (C=O) groups is 1. The second-order valence-electron chi connectivity index (χ2n) is 9.22. The molecule has 202 valence electrons. The summed E-state index contributed by atoms with van der Waals surface area (Å²) in [6.45, 7) is 3.72. The smallest absolute Gasteiger partial charge is 0.264 e. The van der Waals surface area contributed by atoms with E-state index in [2.05, 4.69) is 19.2 Å². The van der Waals surface area contributed by atoms with Gasteiger partial charge in [-0.1, -0.05) is 50.2 Å². The van der Waals surface area contributed by atoms with Crippen molar-refractivity contribution >= 4 is 21.6 Å². The SMILES string of the molecule is CCC1(CC)C[C@H](NC(=O)CN(c2ccc(OC)c(OC)c2)S(=O)(=O)c2ccccc2)c2ccccc2O1. The molecule has 0 unspecified atom stereocenters. The van der Waals surface area contributed by atoms with E-state index in [9.17, 15) is 13.2 Å². The second-order valence-corrected chi connectivity index (χ2v) is 11.1. The van der Waals surface area contributed by atoms with Gasteiger partial charge in [-0.2, -0.15) is 0 Å². The lowest BCUT2D eigenvalue weighted by Crippen LogP contribution is -2.47. The second kappa shape index (κ2) is 11.3. The highest BCUT2D eigenvalue weighted by Gasteiger charge is 2.39. The molecule has 1 N–H and O–H groups in total. The number of sulfonamides is 1. The third-order valence-corrected chi connectivity index (χ3v) is 8.88. The number of benzene rings is 3. The van der Waals surface area contributed by atoms with Gasteiger partial charge in [0, 0.05) is 18.1 Å². The Kier molecular flexibility index (Phi) is 8.16. The van der Waals surface area contributed by atoms with Crippen LogP contribution in [0.3, 0.4) is 0 Å². The minimum Gasteiger partial charge on any atom is -0.493 e. The van der Waals surface area contributed by atoms with Crippen LogP contribution in [0.25, 0.3) is 0 Å². The molecule has 38 heavy (non-hydrogen) atoms. The summed E-state index contributed by atoms with van der Waals surface area (Å²) < 4.78 is 45.7. The molecule has 3 aromatic rings. The van der Waals surface area contributed by atoms with Gasteiger partial charge in [0.25, 0.3) is 10.0 Å². The average molecular weight is 539 g/mol. The third-order valence-electron chi connectivity index (χ3n) is 7.09. The molecule has 0 bridgehead atoms. The Bertz CT molecular complexity index is 1370. The van der Waals surface area contributed by atoms with Gasteiger partial charge in [-0.3, -0.25) is 9.10 Å². The fourth-order valence-corrected chi connectivity index (χ4v) is 6.25. The quantitative estimate of drug-likeness (QED) is 0.386. The molecule has 9 heteroatoms. The molecule has 0 fully saturated rings. The van der Waals surface area contributed by atoms with Crippen molar-refractivity contribution in [3.63, 3.8) is 0 Å². The van der Waals surface area contributed by atoms with Crippen molar-refractivity contribution in [3.05, 3.63) is 78.4 Å². The first-order valence-corrected chi connectivity index (χ1v) is 14.1. The van der Waals surface area contributed by atoms with Crippen LogP contribution >= 0.6 is 0 Å². The number of rotatable bonds is 10. The number of fused-ring (bicyclic) bond motifs is 1. The number of carbonyl (C=O) groups excluding carboxylic acids is 1. The first-order chi connectivity index (χ1) is 18.3. The van der Waals surface area contributed by atoms with Crippen molar-refractivity contribution in [2.45, 2.75) is 49.6 Å². The van der Waals surface area contributed by atoms with Crippen molar-refractivity contribution in [2.24, 2.45) is 0 Å². The predicted molar refractivity (Wildman–Crippen MR) is 146 cm³/mol. The Labute approximate surface area is 224 Å². The van der Waals surface area contributed by atoms with Gasteiger partial charge >= 0.3 is 0 Å². The van der Waals surface area contributed by atoms with Gasteiger partial charge in [0.05, 0.1) is 30.8 Å². The molecule has 1 heterocycles. The zero-order valence-corrected chi connectivity index (χ0v) is 23.0. The molecule has 0 spiro atoms. The van der Waals surface area contributed by atoms with Crippen molar-refractivity contribution in [1.82, 2.24) is 5.32 Å². The van der Waals surface area contributed by atoms with E-state index in [1.165, 1.54) is 26.4 Å². The number of anilines is 1. The Balaban J connectivity index is 1.69. The number of para-hydroxylation sites is 1. The first-order valence-electron chi connectivity index (χ1n) is 12.6. The highest BCUT2D eigenvalue weighted by Crippen LogP contribution is 2.42. The van der Waals surface area contributed by atoms with Gasteiger partial charge in [0.15, 0.2) is 11.5 Å². The summed E-state index contributed by atoms with van der Waals surface area (Å²) in [5.74, 6) is 1.11. The molecule has 1 aliphatic heterocycles. The lowest BCUT2D eigenvalue weighted by molar-refractivity contribution is -0.121. The van der Waals surface area contributed by atoms with E-state index in [-0.39, 0.29) is 16.6 Å². The normalized spacial score (nSPS) is 16.1. The van der Waals surface area contributed by atoms with E-state index in [4.69, 9.17) is 14.2 Å². The van der Waals surface area contributed by atoms with Crippen LogP contribution in [0.4, 0.5) is 5.69 Å². The predicted octanol–water partition coefficient (Wildman–Crippen LogP) is 5.10. The molecule has 0 saturated carbocycles. The average Bonchev–Trinajstić information content (AvgIpc) is 2.95. The fraction of sp³-hybridized carbons (Fsp3) is 0.345. The van der Waals surface area contributed by atoms with Crippen LogP contribution in [-0.2, 0) is 14.8 Å². The molecule has 0 aromatic heterocycles. The van der Waals surface area contributed by atoms with Crippen LogP contribution in [0.5, 0.6) is 17.2 Å². The summed E-state index contributed by atoms with van der Waals surface area (Å²) in [4.78, 5) is 13.6. The van der Waals surface area contributed by atoms with Crippen molar-refractivity contribution in [3.8, 4) is 17.2 Å². The summed E-state index contributed by atoms with van der Waals surface area (Å²) in [5, 5.41) is 3.09. The maximum Gasteiger partial charge on any atom is 0.264 e.